The van der Waals surface area contributed by atoms with Crippen LogP contribution in [0.15, 0.2) is 71.7 Å². The van der Waals surface area contributed by atoms with Crippen LogP contribution in [0.2, 0.25) is 0 Å². The van der Waals surface area contributed by atoms with E-state index < -0.39 is 0 Å². The number of nitrogens with one attached hydrogen (secondary N) is 1. The lowest BCUT2D eigenvalue weighted by Gasteiger charge is -2.33. The number of nitrogens with zero attached hydrogens (tertiary/aromatic N) is 2. The summed E-state index contributed by atoms with van der Waals surface area (Å²) in [5, 5.41) is 1.28. The van der Waals surface area contributed by atoms with Gasteiger partial charge in [0.05, 0.1) is 0 Å². The minimum absolute atomic E-state index is 0.0976. The van der Waals surface area contributed by atoms with E-state index in [9.17, 15) is 9.59 Å². The summed E-state index contributed by atoms with van der Waals surface area (Å²) in [4.78, 5) is 29.3. The number of hydrogen-bond acceptors (Lipinski definition) is 3. The Labute approximate surface area is 230 Å². The predicted octanol–water partition coefficient (Wildman–Crippen LogP) is 6.07. The van der Waals surface area contributed by atoms with Crippen molar-refractivity contribution in [1.29, 1.82) is 0 Å². The fourth-order valence-corrected chi connectivity index (χ4v) is 5.84. The summed E-state index contributed by atoms with van der Waals surface area (Å²) in [7, 11) is 1.76. The summed E-state index contributed by atoms with van der Waals surface area (Å²) in [5.74, 6) is 0.626. The SMILES string of the molecule is COCCCn1c(C2CCCN(C(=O)CCCc3ccc(-c4ccc(=O)[nH]c4)cc3)C2)cc2ccc(C)cc21. The van der Waals surface area contributed by atoms with Crippen LogP contribution in [-0.4, -0.2) is 47.2 Å². The van der Waals surface area contributed by atoms with Gasteiger partial charge in [0.25, 0.3) is 0 Å². The number of benzene rings is 2. The van der Waals surface area contributed by atoms with Crippen LogP contribution in [0, 0.1) is 6.92 Å². The summed E-state index contributed by atoms with van der Waals surface area (Å²) >= 11 is 0. The van der Waals surface area contributed by atoms with Gasteiger partial charge in [-0.25, -0.2) is 0 Å². The molecule has 1 fully saturated rings. The highest BCUT2D eigenvalue weighted by molar-refractivity contribution is 5.82. The Hall–Kier alpha value is -3.64. The van der Waals surface area contributed by atoms with Crippen molar-refractivity contribution in [3.05, 3.63) is 94.0 Å². The number of piperidine rings is 1. The van der Waals surface area contributed by atoms with Crippen LogP contribution in [0.5, 0.6) is 0 Å². The lowest BCUT2D eigenvalue weighted by Crippen LogP contribution is -2.39. The van der Waals surface area contributed by atoms with Gasteiger partial charge in [-0.15, -0.1) is 0 Å². The maximum absolute atomic E-state index is 13.2. The molecule has 1 saturated heterocycles. The van der Waals surface area contributed by atoms with E-state index >= 15 is 0 Å². The van der Waals surface area contributed by atoms with E-state index in [0.717, 1.165) is 69.5 Å². The quantitative estimate of drug-likeness (QED) is 0.256. The Kier molecular flexibility index (Phi) is 8.62. The van der Waals surface area contributed by atoms with Gasteiger partial charge in [-0.2, -0.15) is 0 Å². The molecule has 1 aliphatic heterocycles. The lowest BCUT2D eigenvalue weighted by molar-refractivity contribution is -0.132. The number of pyridine rings is 1. The van der Waals surface area contributed by atoms with Gasteiger partial charge in [0.1, 0.15) is 0 Å². The van der Waals surface area contributed by atoms with Crippen LogP contribution in [0.4, 0.5) is 0 Å². The highest BCUT2D eigenvalue weighted by atomic mass is 16.5. The van der Waals surface area contributed by atoms with Crippen LogP contribution < -0.4 is 5.56 Å². The van der Waals surface area contributed by atoms with Crippen LogP contribution in [-0.2, 0) is 22.5 Å². The average molecular weight is 526 g/mol. The summed E-state index contributed by atoms with van der Waals surface area (Å²) < 4.78 is 7.80. The van der Waals surface area contributed by atoms with Crippen molar-refractivity contribution in [2.45, 2.75) is 57.9 Å². The van der Waals surface area contributed by atoms with Gasteiger partial charge >= 0.3 is 0 Å². The fourth-order valence-electron chi connectivity index (χ4n) is 5.84. The summed E-state index contributed by atoms with van der Waals surface area (Å²) in [6.45, 7) is 5.48. The number of hydrogen-bond donors (Lipinski definition) is 1. The molecule has 1 N–H and O–H groups in total. The van der Waals surface area contributed by atoms with E-state index in [1.807, 2.05) is 6.07 Å². The molecule has 6 nitrogen and oxygen atoms in total. The number of amides is 1. The number of ether oxygens (including phenoxy) is 1. The molecule has 39 heavy (non-hydrogen) atoms. The minimum atomic E-state index is -0.0976. The molecule has 5 rings (SSSR count). The number of carbonyl (C=O) groups excluding carboxylic acids is 1. The van der Waals surface area contributed by atoms with Crippen LogP contribution in [0.25, 0.3) is 22.0 Å². The Balaban J connectivity index is 1.19. The Bertz CT molecular complexity index is 1450. The average Bonchev–Trinajstić information content (AvgIpc) is 3.31. The number of aryl methyl sites for hydroxylation is 3. The second-order valence-electron chi connectivity index (χ2n) is 10.8. The van der Waals surface area contributed by atoms with E-state index in [2.05, 4.69) is 69.9 Å². The zero-order valence-electron chi connectivity index (χ0n) is 23.1. The molecule has 0 bridgehead atoms. The highest BCUT2D eigenvalue weighted by Crippen LogP contribution is 2.33. The largest absolute Gasteiger partial charge is 0.385 e. The third kappa shape index (κ3) is 6.51. The molecule has 0 saturated carbocycles. The molecule has 2 aromatic heterocycles. The van der Waals surface area contributed by atoms with Gasteiger partial charge in [0.2, 0.25) is 11.5 Å². The van der Waals surface area contributed by atoms with Crippen molar-refractivity contribution >= 4 is 16.8 Å². The van der Waals surface area contributed by atoms with Gasteiger partial charge in [-0.1, -0.05) is 36.4 Å². The van der Waals surface area contributed by atoms with Crippen LogP contribution >= 0.6 is 0 Å². The topological polar surface area (TPSA) is 67.3 Å². The Morgan fingerprint density at radius 2 is 1.85 bits per heavy atom. The first kappa shape index (κ1) is 26.9. The molecule has 1 unspecified atom stereocenters. The van der Waals surface area contributed by atoms with Crippen LogP contribution in [0.3, 0.4) is 0 Å². The summed E-state index contributed by atoms with van der Waals surface area (Å²) in [6.07, 6.45) is 7.16. The van der Waals surface area contributed by atoms with Crippen molar-refractivity contribution in [1.82, 2.24) is 14.5 Å². The molecule has 0 radical (unpaired) electrons. The second kappa shape index (κ2) is 12.5. The second-order valence-corrected chi connectivity index (χ2v) is 10.8. The van der Waals surface area contributed by atoms with E-state index in [4.69, 9.17) is 4.74 Å². The Morgan fingerprint density at radius 1 is 1.03 bits per heavy atom. The van der Waals surface area contributed by atoms with Crippen molar-refractivity contribution in [2.24, 2.45) is 0 Å². The number of methoxy groups -OCH3 is 1. The first-order chi connectivity index (χ1) is 19.0. The molecule has 4 aromatic rings. The van der Waals surface area contributed by atoms with E-state index in [1.54, 1.807) is 19.4 Å². The van der Waals surface area contributed by atoms with Crippen molar-refractivity contribution < 1.29 is 9.53 Å². The van der Waals surface area contributed by atoms with Gasteiger partial charge in [0.15, 0.2) is 0 Å². The summed E-state index contributed by atoms with van der Waals surface area (Å²) in [6, 6.07) is 20.8. The number of rotatable bonds is 10. The van der Waals surface area contributed by atoms with Gasteiger partial charge in [-0.3, -0.25) is 9.59 Å². The van der Waals surface area contributed by atoms with E-state index in [0.29, 0.717) is 12.3 Å². The maximum Gasteiger partial charge on any atom is 0.247 e. The monoisotopic (exact) mass is 525 g/mol. The van der Waals surface area contributed by atoms with E-state index in [1.165, 1.54) is 27.7 Å². The number of likely N-dealkylation sites (tertiary alicyclic amines) is 1. The van der Waals surface area contributed by atoms with E-state index in [-0.39, 0.29) is 11.5 Å². The fraction of sp³-hybridized carbons (Fsp3) is 0.394. The third-order valence-electron chi connectivity index (χ3n) is 7.94. The van der Waals surface area contributed by atoms with Gasteiger partial charge in [0, 0.05) is 69.2 Å². The maximum atomic E-state index is 13.2. The molecule has 0 spiro atoms. The number of carbonyl (C=O) groups is 1. The van der Waals surface area contributed by atoms with Gasteiger partial charge in [-0.05, 0) is 84.9 Å². The zero-order valence-corrected chi connectivity index (χ0v) is 23.1. The molecule has 1 atom stereocenters. The standard InChI is InChI=1S/C33H39N3O3/c1-24-9-12-27-21-31(36(30(27)20-24)18-5-19-39-2)29-7-4-17-35(23-29)33(38)8-3-6-25-10-13-26(14-11-25)28-15-16-32(37)34-22-28/h9-16,20-22,29H,3-8,17-19,23H2,1-2H3,(H,34,37). The molecular formula is C33H39N3O3. The Morgan fingerprint density at radius 3 is 2.62 bits per heavy atom. The molecule has 1 aliphatic rings. The lowest BCUT2D eigenvalue weighted by atomic mass is 9.94. The highest BCUT2D eigenvalue weighted by Gasteiger charge is 2.27. The molecular weight excluding hydrogens is 486 g/mol. The van der Waals surface area contributed by atoms with Crippen molar-refractivity contribution in [3.63, 3.8) is 0 Å². The minimum Gasteiger partial charge on any atom is -0.385 e. The van der Waals surface area contributed by atoms with Gasteiger partial charge < -0.3 is 19.2 Å². The normalized spacial score (nSPS) is 15.6. The zero-order chi connectivity index (χ0) is 27.2. The molecule has 6 heteroatoms. The number of fused-ring (bicyclic) bond motifs is 1. The van der Waals surface area contributed by atoms with Crippen molar-refractivity contribution in [2.75, 3.05) is 26.8 Å². The summed E-state index contributed by atoms with van der Waals surface area (Å²) in [5.41, 5.74) is 7.10. The molecule has 3 heterocycles. The molecule has 1 amide bonds. The number of aromatic nitrogens is 2. The first-order valence-corrected chi connectivity index (χ1v) is 14.2. The molecule has 204 valence electrons. The van der Waals surface area contributed by atoms with Crippen molar-refractivity contribution in [3.8, 4) is 11.1 Å². The van der Waals surface area contributed by atoms with Crippen LogP contribution in [0.1, 0.15) is 54.8 Å². The molecule has 2 aromatic carbocycles. The first-order valence-electron chi connectivity index (χ1n) is 14.2. The smallest absolute Gasteiger partial charge is 0.247 e. The molecule has 0 aliphatic carbocycles. The third-order valence-corrected chi connectivity index (χ3v) is 7.94. The predicted molar refractivity (Wildman–Crippen MR) is 157 cm³/mol. The number of aromatic amines is 1. The number of H-pyrrole nitrogens is 1.